The number of benzene rings is 1. The molecule has 0 radical (unpaired) electrons. The topological polar surface area (TPSA) is 71.8 Å². The number of H-pyrrole nitrogens is 1. The molecule has 1 aromatic carbocycles. The van der Waals surface area contributed by atoms with Crippen molar-refractivity contribution in [1.29, 1.82) is 0 Å². The van der Waals surface area contributed by atoms with Gasteiger partial charge >= 0.3 is 0 Å². The van der Waals surface area contributed by atoms with Gasteiger partial charge in [0.1, 0.15) is 5.82 Å². The average Bonchev–Trinajstić information content (AvgIpc) is 2.16. The van der Waals surface area contributed by atoms with E-state index in [1.807, 2.05) is 19.1 Å². The first-order valence-electron chi connectivity index (χ1n) is 4.40. The molecule has 0 saturated carbocycles. The third-order valence-corrected chi connectivity index (χ3v) is 2.10. The lowest BCUT2D eigenvalue weighted by molar-refractivity contribution is 0.913. The number of nitrogens with two attached hydrogens (primary N) is 1. The van der Waals surface area contributed by atoms with Gasteiger partial charge in [0.05, 0.1) is 17.4 Å². The quantitative estimate of drug-likeness (QED) is 0.693. The average molecular weight is 189 g/mol. The molecule has 4 heteroatoms. The van der Waals surface area contributed by atoms with E-state index in [0.29, 0.717) is 16.7 Å². The van der Waals surface area contributed by atoms with Crippen LogP contribution < -0.4 is 11.3 Å². The van der Waals surface area contributed by atoms with Crippen LogP contribution in [0.25, 0.3) is 10.9 Å². The second-order valence-corrected chi connectivity index (χ2v) is 3.24. The van der Waals surface area contributed by atoms with Gasteiger partial charge in [-0.2, -0.15) is 0 Å². The van der Waals surface area contributed by atoms with Crippen molar-refractivity contribution in [3.63, 3.8) is 0 Å². The Morgan fingerprint density at radius 2 is 2.29 bits per heavy atom. The maximum Gasteiger partial charge on any atom is 0.258 e. The number of hydrogen-bond acceptors (Lipinski definition) is 3. The lowest BCUT2D eigenvalue weighted by atomic mass is 10.2. The minimum Gasteiger partial charge on any atom is -0.324 e. The van der Waals surface area contributed by atoms with Crippen LogP contribution in [-0.4, -0.2) is 9.97 Å². The van der Waals surface area contributed by atoms with Gasteiger partial charge in [0.2, 0.25) is 0 Å². The predicted molar refractivity (Wildman–Crippen MR) is 55.0 cm³/mol. The predicted octanol–water partition coefficient (Wildman–Crippen LogP) is 0.690. The molecule has 4 nitrogen and oxygen atoms in total. The Morgan fingerprint density at radius 3 is 3.00 bits per heavy atom. The molecule has 0 fully saturated rings. The zero-order chi connectivity index (χ0) is 10.1. The molecule has 0 amide bonds. The monoisotopic (exact) mass is 189 g/mol. The standard InChI is InChI=1S/C10H11N3O/c1-6-2-3-7-8(4-6)12-9(5-11)13-10(7)14/h2-4H,5,11H2,1H3,(H,12,13,14). The highest BCUT2D eigenvalue weighted by Gasteiger charge is 2.01. The highest BCUT2D eigenvalue weighted by Crippen LogP contribution is 2.08. The first kappa shape index (κ1) is 8.90. The summed E-state index contributed by atoms with van der Waals surface area (Å²) >= 11 is 0. The van der Waals surface area contributed by atoms with Crippen LogP contribution in [0.3, 0.4) is 0 Å². The molecule has 0 aliphatic rings. The second kappa shape index (κ2) is 3.23. The molecule has 1 heterocycles. The molecule has 0 bridgehead atoms. The largest absolute Gasteiger partial charge is 0.324 e. The van der Waals surface area contributed by atoms with Crippen LogP contribution in [0.1, 0.15) is 11.4 Å². The van der Waals surface area contributed by atoms with Gasteiger partial charge < -0.3 is 10.7 Å². The summed E-state index contributed by atoms with van der Waals surface area (Å²) in [5.41, 5.74) is 7.07. The lowest BCUT2D eigenvalue weighted by Gasteiger charge is -2.00. The van der Waals surface area contributed by atoms with E-state index in [1.54, 1.807) is 6.07 Å². The molecule has 0 aliphatic heterocycles. The molecule has 0 atom stereocenters. The molecule has 72 valence electrons. The Hall–Kier alpha value is -1.68. The number of rotatable bonds is 1. The van der Waals surface area contributed by atoms with Crippen molar-refractivity contribution >= 4 is 10.9 Å². The van der Waals surface area contributed by atoms with E-state index in [0.717, 1.165) is 5.56 Å². The number of aryl methyl sites for hydroxylation is 1. The smallest absolute Gasteiger partial charge is 0.258 e. The van der Waals surface area contributed by atoms with E-state index in [2.05, 4.69) is 9.97 Å². The fraction of sp³-hybridized carbons (Fsp3) is 0.200. The Morgan fingerprint density at radius 1 is 1.50 bits per heavy atom. The van der Waals surface area contributed by atoms with Gasteiger partial charge in [-0.15, -0.1) is 0 Å². The van der Waals surface area contributed by atoms with Crippen LogP contribution in [0, 0.1) is 6.92 Å². The van der Waals surface area contributed by atoms with Crippen LogP contribution in [0.5, 0.6) is 0 Å². The van der Waals surface area contributed by atoms with Gasteiger partial charge in [-0.05, 0) is 24.6 Å². The molecule has 0 spiro atoms. The molecular formula is C10H11N3O. The number of nitrogens with zero attached hydrogens (tertiary/aromatic N) is 1. The van der Waals surface area contributed by atoms with Crippen LogP contribution in [-0.2, 0) is 6.54 Å². The SMILES string of the molecule is Cc1ccc2c(=O)[nH]c(CN)nc2c1. The fourth-order valence-corrected chi connectivity index (χ4v) is 1.39. The minimum atomic E-state index is -0.129. The number of aromatic amines is 1. The Bertz CT molecular complexity index is 530. The normalized spacial score (nSPS) is 10.7. The maximum atomic E-state index is 11.5. The molecule has 3 N–H and O–H groups in total. The van der Waals surface area contributed by atoms with Gasteiger partial charge in [-0.25, -0.2) is 4.98 Å². The number of nitrogens with one attached hydrogen (secondary N) is 1. The van der Waals surface area contributed by atoms with E-state index in [9.17, 15) is 4.79 Å². The number of fused-ring (bicyclic) bond motifs is 1. The maximum absolute atomic E-state index is 11.5. The first-order valence-corrected chi connectivity index (χ1v) is 4.40. The lowest BCUT2D eigenvalue weighted by Crippen LogP contribution is -2.14. The van der Waals surface area contributed by atoms with Crippen molar-refractivity contribution < 1.29 is 0 Å². The van der Waals surface area contributed by atoms with Crippen molar-refractivity contribution in [3.05, 3.63) is 39.9 Å². The summed E-state index contributed by atoms with van der Waals surface area (Å²) in [5, 5.41) is 0.604. The molecule has 14 heavy (non-hydrogen) atoms. The van der Waals surface area contributed by atoms with Gasteiger partial charge in [0, 0.05) is 0 Å². The molecule has 0 saturated heterocycles. The third kappa shape index (κ3) is 1.40. The Balaban J connectivity index is 2.84. The summed E-state index contributed by atoms with van der Waals surface area (Å²) in [6.45, 7) is 2.21. The van der Waals surface area contributed by atoms with Crippen LogP contribution in [0.4, 0.5) is 0 Å². The van der Waals surface area contributed by atoms with Crippen molar-refractivity contribution in [3.8, 4) is 0 Å². The molecule has 0 aliphatic carbocycles. The van der Waals surface area contributed by atoms with Crippen LogP contribution in [0.2, 0.25) is 0 Å². The summed E-state index contributed by atoms with van der Waals surface area (Å²) in [6.07, 6.45) is 0. The summed E-state index contributed by atoms with van der Waals surface area (Å²) in [6, 6.07) is 5.54. The zero-order valence-corrected chi connectivity index (χ0v) is 7.87. The van der Waals surface area contributed by atoms with Crippen molar-refractivity contribution in [2.45, 2.75) is 13.5 Å². The van der Waals surface area contributed by atoms with Crippen molar-refractivity contribution in [1.82, 2.24) is 9.97 Å². The number of aromatic nitrogens is 2. The van der Waals surface area contributed by atoms with Gasteiger partial charge in [0.25, 0.3) is 5.56 Å². The van der Waals surface area contributed by atoms with Gasteiger partial charge in [0.15, 0.2) is 0 Å². The highest BCUT2D eigenvalue weighted by molar-refractivity contribution is 5.78. The summed E-state index contributed by atoms with van der Waals surface area (Å²) in [5.74, 6) is 0.521. The fourth-order valence-electron chi connectivity index (χ4n) is 1.39. The van der Waals surface area contributed by atoms with Crippen molar-refractivity contribution in [2.75, 3.05) is 0 Å². The number of hydrogen-bond donors (Lipinski definition) is 2. The minimum absolute atomic E-state index is 0.129. The molecule has 0 unspecified atom stereocenters. The Kier molecular flexibility index (Phi) is 2.05. The second-order valence-electron chi connectivity index (χ2n) is 3.24. The first-order chi connectivity index (χ1) is 6.70. The van der Waals surface area contributed by atoms with Gasteiger partial charge in [-0.1, -0.05) is 6.07 Å². The van der Waals surface area contributed by atoms with E-state index >= 15 is 0 Å². The molecular weight excluding hydrogens is 178 g/mol. The van der Waals surface area contributed by atoms with E-state index in [-0.39, 0.29) is 12.1 Å². The van der Waals surface area contributed by atoms with Crippen LogP contribution in [0.15, 0.2) is 23.0 Å². The van der Waals surface area contributed by atoms with E-state index in [4.69, 9.17) is 5.73 Å². The van der Waals surface area contributed by atoms with Crippen molar-refractivity contribution in [2.24, 2.45) is 5.73 Å². The summed E-state index contributed by atoms with van der Waals surface area (Å²) < 4.78 is 0. The molecule has 1 aromatic heterocycles. The molecule has 2 rings (SSSR count). The van der Waals surface area contributed by atoms with E-state index < -0.39 is 0 Å². The van der Waals surface area contributed by atoms with Gasteiger partial charge in [-0.3, -0.25) is 4.79 Å². The third-order valence-electron chi connectivity index (χ3n) is 2.10. The Labute approximate surface area is 80.8 Å². The van der Waals surface area contributed by atoms with E-state index in [1.165, 1.54) is 0 Å². The zero-order valence-electron chi connectivity index (χ0n) is 7.87. The highest BCUT2D eigenvalue weighted by atomic mass is 16.1. The summed E-state index contributed by atoms with van der Waals surface area (Å²) in [7, 11) is 0. The molecule has 2 aromatic rings. The summed E-state index contributed by atoms with van der Waals surface area (Å²) in [4.78, 5) is 18.4. The van der Waals surface area contributed by atoms with Crippen LogP contribution >= 0.6 is 0 Å².